The highest BCUT2D eigenvalue weighted by Crippen LogP contribution is 2.22. The van der Waals surface area contributed by atoms with Crippen LogP contribution >= 0.6 is 11.6 Å². The molecular weight excluding hydrogens is 232 g/mol. The zero-order valence-corrected chi connectivity index (χ0v) is 11.3. The number of hydrogen-bond donors (Lipinski definition) is 0. The zero-order valence-electron chi connectivity index (χ0n) is 10.5. The fourth-order valence-electron chi connectivity index (χ4n) is 2.62. The summed E-state index contributed by atoms with van der Waals surface area (Å²) >= 11 is 5.91. The van der Waals surface area contributed by atoms with E-state index in [0.717, 1.165) is 18.3 Å². The molecule has 2 nitrogen and oxygen atoms in total. The number of rotatable bonds is 3. The van der Waals surface area contributed by atoms with Gasteiger partial charge in [0.2, 0.25) is 0 Å². The third-order valence-corrected chi connectivity index (χ3v) is 3.84. The molecule has 1 aliphatic carbocycles. The van der Waals surface area contributed by atoms with Gasteiger partial charge in [0.05, 0.1) is 5.69 Å². The molecule has 17 heavy (non-hydrogen) atoms. The van der Waals surface area contributed by atoms with Crippen LogP contribution in [0.3, 0.4) is 0 Å². The van der Waals surface area contributed by atoms with Crippen molar-refractivity contribution in [1.29, 1.82) is 0 Å². The summed E-state index contributed by atoms with van der Waals surface area (Å²) in [5, 5.41) is 0.594. The first-order valence-corrected chi connectivity index (χ1v) is 6.95. The monoisotopic (exact) mass is 252 g/mol. The number of pyridine rings is 1. The maximum Gasteiger partial charge on any atom is 0.129 e. The van der Waals surface area contributed by atoms with Gasteiger partial charge in [-0.1, -0.05) is 43.4 Å². The van der Waals surface area contributed by atoms with Crippen molar-refractivity contribution in [2.24, 2.45) is 0 Å². The Bertz CT molecular complexity index is 346. The van der Waals surface area contributed by atoms with Crippen molar-refractivity contribution in [3.8, 4) is 0 Å². The molecule has 1 fully saturated rings. The predicted octanol–water partition coefficient (Wildman–Crippen LogP) is 3.89. The Morgan fingerprint density at radius 1 is 1.24 bits per heavy atom. The normalized spacial score (nSPS) is 18.3. The Kier molecular flexibility index (Phi) is 4.81. The molecule has 0 aromatic carbocycles. The summed E-state index contributed by atoms with van der Waals surface area (Å²) in [4.78, 5) is 6.79. The van der Waals surface area contributed by atoms with Gasteiger partial charge < -0.3 is 0 Å². The fraction of sp³-hybridized carbons (Fsp3) is 0.643. The molecule has 3 heteroatoms. The van der Waals surface area contributed by atoms with Crippen LogP contribution < -0.4 is 0 Å². The number of aromatic nitrogens is 1. The molecule has 1 heterocycles. The molecule has 0 atom stereocenters. The molecule has 94 valence electrons. The Morgan fingerprint density at radius 2 is 1.94 bits per heavy atom. The van der Waals surface area contributed by atoms with E-state index < -0.39 is 0 Å². The van der Waals surface area contributed by atoms with Gasteiger partial charge in [0.15, 0.2) is 0 Å². The lowest BCUT2D eigenvalue weighted by molar-refractivity contribution is 0.211. The Hall–Kier alpha value is -0.600. The Labute approximate surface area is 109 Å². The smallest absolute Gasteiger partial charge is 0.129 e. The molecule has 0 spiro atoms. The second kappa shape index (κ2) is 6.36. The zero-order chi connectivity index (χ0) is 12.1. The average Bonchev–Trinajstić information content (AvgIpc) is 2.57. The summed E-state index contributed by atoms with van der Waals surface area (Å²) in [6.45, 7) is 0.908. The van der Waals surface area contributed by atoms with Gasteiger partial charge in [-0.2, -0.15) is 0 Å². The van der Waals surface area contributed by atoms with Gasteiger partial charge >= 0.3 is 0 Å². The minimum atomic E-state index is 0.594. The molecule has 1 saturated carbocycles. The topological polar surface area (TPSA) is 16.1 Å². The molecule has 0 aliphatic heterocycles. The third kappa shape index (κ3) is 3.97. The van der Waals surface area contributed by atoms with Gasteiger partial charge in [0, 0.05) is 12.6 Å². The van der Waals surface area contributed by atoms with E-state index in [1.54, 1.807) is 0 Å². The minimum Gasteiger partial charge on any atom is -0.298 e. The molecule has 1 aromatic rings. The first-order chi connectivity index (χ1) is 8.25. The summed E-state index contributed by atoms with van der Waals surface area (Å²) in [5.41, 5.74) is 1.07. The van der Waals surface area contributed by atoms with Gasteiger partial charge in [0.1, 0.15) is 5.15 Å². The maximum atomic E-state index is 5.91. The van der Waals surface area contributed by atoms with Crippen LogP contribution in [0.25, 0.3) is 0 Å². The van der Waals surface area contributed by atoms with Crippen LogP contribution in [0.1, 0.15) is 44.2 Å². The summed E-state index contributed by atoms with van der Waals surface area (Å²) < 4.78 is 0. The van der Waals surface area contributed by atoms with Crippen LogP contribution in [0.15, 0.2) is 18.2 Å². The van der Waals surface area contributed by atoms with E-state index in [1.165, 1.54) is 38.5 Å². The summed E-state index contributed by atoms with van der Waals surface area (Å²) in [5.74, 6) is 0. The maximum absolute atomic E-state index is 5.91. The van der Waals surface area contributed by atoms with Crippen LogP contribution in [-0.2, 0) is 6.54 Å². The van der Waals surface area contributed by atoms with Crippen molar-refractivity contribution in [1.82, 2.24) is 9.88 Å². The van der Waals surface area contributed by atoms with Crippen LogP contribution in [0.4, 0.5) is 0 Å². The highest BCUT2D eigenvalue weighted by atomic mass is 35.5. The lowest BCUT2D eigenvalue weighted by atomic mass is 10.1. The van der Waals surface area contributed by atoms with E-state index in [4.69, 9.17) is 11.6 Å². The quantitative estimate of drug-likeness (QED) is 0.599. The second-order valence-electron chi connectivity index (χ2n) is 5.01. The highest BCUT2D eigenvalue weighted by Gasteiger charge is 2.17. The summed E-state index contributed by atoms with van der Waals surface area (Å²) in [7, 11) is 2.21. The molecule has 1 aromatic heterocycles. The van der Waals surface area contributed by atoms with E-state index >= 15 is 0 Å². The van der Waals surface area contributed by atoms with E-state index in [2.05, 4.69) is 23.0 Å². The standard InChI is InChI=1S/C14H21ClN2/c1-17(13-8-4-2-3-5-9-13)11-12-7-6-10-14(15)16-12/h6-7,10,13H,2-5,8-9,11H2,1H3. The first kappa shape index (κ1) is 12.8. The number of halogens is 1. The van der Waals surface area contributed by atoms with Crippen LogP contribution in [0, 0.1) is 0 Å². The average molecular weight is 253 g/mol. The van der Waals surface area contributed by atoms with Crippen molar-refractivity contribution < 1.29 is 0 Å². The molecule has 0 bridgehead atoms. The first-order valence-electron chi connectivity index (χ1n) is 6.57. The lowest BCUT2D eigenvalue weighted by Gasteiger charge is -2.26. The van der Waals surface area contributed by atoms with Gasteiger partial charge in [-0.25, -0.2) is 4.98 Å². The minimum absolute atomic E-state index is 0.594. The SMILES string of the molecule is CN(Cc1cccc(Cl)n1)C1CCCCCC1. The molecular formula is C14H21ClN2. The fourth-order valence-corrected chi connectivity index (χ4v) is 2.80. The van der Waals surface area contributed by atoms with E-state index in [0.29, 0.717) is 5.15 Å². The summed E-state index contributed by atoms with van der Waals surface area (Å²) in [6.07, 6.45) is 8.21. The largest absolute Gasteiger partial charge is 0.298 e. The molecule has 0 amide bonds. The molecule has 0 saturated heterocycles. The van der Waals surface area contributed by atoms with E-state index in [1.807, 2.05) is 12.1 Å². The van der Waals surface area contributed by atoms with Crippen molar-refractivity contribution in [3.63, 3.8) is 0 Å². The highest BCUT2D eigenvalue weighted by molar-refractivity contribution is 6.29. The number of nitrogens with zero attached hydrogens (tertiary/aromatic N) is 2. The third-order valence-electron chi connectivity index (χ3n) is 3.63. The Morgan fingerprint density at radius 3 is 2.59 bits per heavy atom. The Balaban J connectivity index is 1.93. The van der Waals surface area contributed by atoms with Gasteiger partial charge in [-0.05, 0) is 32.0 Å². The van der Waals surface area contributed by atoms with E-state index in [-0.39, 0.29) is 0 Å². The van der Waals surface area contributed by atoms with Crippen molar-refractivity contribution in [3.05, 3.63) is 29.0 Å². The van der Waals surface area contributed by atoms with Crippen LogP contribution in [-0.4, -0.2) is 23.0 Å². The van der Waals surface area contributed by atoms with Gasteiger partial charge in [-0.3, -0.25) is 4.90 Å². The van der Waals surface area contributed by atoms with Gasteiger partial charge in [-0.15, -0.1) is 0 Å². The molecule has 1 aliphatic rings. The molecule has 0 radical (unpaired) electrons. The lowest BCUT2D eigenvalue weighted by Crippen LogP contribution is -2.31. The van der Waals surface area contributed by atoms with E-state index in [9.17, 15) is 0 Å². The van der Waals surface area contributed by atoms with Gasteiger partial charge in [0.25, 0.3) is 0 Å². The van der Waals surface area contributed by atoms with Crippen LogP contribution in [0.5, 0.6) is 0 Å². The second-order valence-corrected chi connectivity index (χ2v) is 5.40. The van der Waals surface area contributed by atoms with Crippen LogP contribution in [0.2, 0.25) is 5.15 Å². The molecule has 2 rings (SSSR count). The predicted molar refractivity (Wildman–Crippen MR) is 72.2 cm³/mol. The van der Waals surface area contributed by atoms with Crippen molar-refractivity contribution in [2.75, 3.05) is 7.05 Å². The van der Waals surface area contributed by atoms with Crippen molar-refractivity contribution in [2.45, 2.75) is 51.1 Å². The van der Waals surface area contributed by atoms with Crippen molar-refractivity contribution >= 4 is 11.6 Å². The molecule has 0 N–H and O–H groups in total. The molecule has 0 unspecified atom stereocenters. The summed E-state index contributed by atoms with van der Waals surface area (Å²) in [6, 6.07) is 6.58. The number of hydrogen-bond acceptors (Lipinski definition) is 2.